The average Bonchev–Trinajstić information content (AvgIpc) is 3.25. The fourth-order valence-corrected chi connectivity index (χ4v) is 6.02. The molecule has 0 aliphatic carbocycles. The van der Waals surface area contributed by atoms with Crippen molar-refractivity contribution in [3.05, 3.63) is 118 Å². The number of aliphatic hydroxyl groups excluding tert-OH is 1. The van der Waals surface area contributed by atoms with Crippen molar-refractivity contribution in [3.63, 3.8) is 0 Å². The van der Waals surface area contributed by atoms with Gasteiger partial charge in [-0.05, 0) is 47.0 Å². The number of nitrogens with zero attached hydrogens (tertiary/aromatic N) is 2. The van der Waals surface area contributed by atoms with E-state index in [1.54, 1.807) is 28.1 Å². The van der Waals surface area contributed by atoms with Crippen LogP contribution in [-0.4, -0.2) is 66.3 Å². The van der Waals surface area contributed by atoms with Crippen LogP contribution in [0.15, 0.2) is 95.9 Å². The van der Waals surface area contributed by atoms with Crippen molar-refractivity contribution in [2.75, 3.05) is 32.8 Å². The van der Waals surface area contributed by atoms with Crippen LogP contribution in [0.4, 0.5) is 5.82 Å². The van der Waals surface area contributed by atoms with Gasteiger partial charge in [-0.15, -0.1) is 0 Å². The van der Waals surface area contributed by atoms with E-state index in [4.69, 9.17) is 23.7 Å². The Balaban J connectivity index is 1.35. The Hall–Kier alpha value is -4.55. The zero-order valence-corrected chi connectivity index (χ0v) is 26.1. The van der Waals surface area contributed by atoms with Crippen molar-refractivity contribution in [3.8, 4) is 11.5 Å². The highest BCUT2D eigenvalue weighted by molar-refractivity contribution is 5.91. The number of anilines is 1. The van der Waals surface area contributed by atoms with Crippen LogP contribution in [0, 0.1) is 5.92 Å². The van der Waals surface area contributed by atoms with Crippen LogP contribution in [0.5, 0.6) is 11.5 Å². The summed E-state index contributed by atoms with van der Waals surface area (Å²) in [6, 6.07) is 26.6. The molecule has 6 rings (SSSR count). The largest absolute Gasteiger partial charge is 0.497 e. The van der Waals surface area contributed by atoms with Gasteiger partial charge in [-0.25, -0.2) is 4.79 Å². The highest BCUT2D eigenvalue weighted by Crippen LogP contribution is 2.47. The Morgan fingerprint density at radius 1 is 0.978 bits per heavy atom. The molecule has 4 aromatic rings. The van der Waals surface area contributed by atoms with E-state index in [0.29, 0.717) is 11.5 Å². The maximum Gasteiger partial charge on any atom is 0.352 e. The van der Waals surface area contributed by atoms with Gasteiger partial charge in [0, 0.05) is 12.1 Å². The Bertz CT molecular complexity index is 1680. The third kappa shape index (κ3) is 5.45. The minimum Gasteiger partial charge on any atom is -0.497 e. The standard InChI is InChI=1S/C35H37N3O8/c1-22(2)32(40)36-29-18-19-38(33(41)37-29)34-21-44-31(34)30(39)28(46-34)20-45-35(23-8-6-5-7-9-23,24-10-14-26(42-3)15-11-24)25-12-16-27(43-4)17-13-25/h5-19,22,28,30-31,39H,20-21H2,1-4H3,(H,36,37,40,41)/t28-,30-,31-,34-/m1/s1. The van der Waals surface area contributed by atoms with Crippen LogP contribution in [0.2, 0.25) is 0 Å². The fraction of sp³-hybridized carbons (Fsp3) is 0.343. The SMILES string of the molecule is COc1ccc(C(OC[C@H]2O[C@]3(n4ccc(NC(=O)C(C)C)nc4=O)CO[C@@H]3[C@@H]2O)(c2ccccc2)c2ccc(OC)cc2)cc1. The predicted molar refractivity (Wildman–Crippen MR) is 169 cm³/mol. The smallest absolute Gasteiger partial charge is 0.352 e. The van der Waals surface area contributed by atoms with E-state index in [1.165, 1.54) is 16.8 Å². The van der Waals surface area contributed by atoms with Gasteiger partial charge in [0.2, 0.25) is 11.6 Å². The van der Waals surface area contributed by atoms with Crippen molar-refractivity contribution < 1.29 is 33.6 Å². The first kappa shape index (κ1) is 31.4. The second-order valence-electron chi connectivity index (χ2n) is 11.6. The second kappa shape index (κ2) is 12.7. The summed E-state index contributed by atoms with van der Waals surface area (Å²) in [5.74, 6) is 0.991. The Kier molecular flexibility index (Phi) is 8.67. The molecule has 2 aliphatic rings. The number of aliphatic hydroxyl groups is 1. The van der Waals surface area contributed by atoms with E-state index >= 15 is 0 Å². The molecule has 1 amide bonds. The maximum atomic E-state index is 13.2. The molecule has 11 heteroatoms. The molecule has 1 aromatic heterocycles. The summed E-state index contributed by atoms with van der Waals surface area (Å²) in [5.41, 5.74) is -0.554. The van der Waals surface area contributed by atoms with E-state index in [1.807, 2.05) is 78.9 Å². The number of ether oxygens (including phenoxy) is 5. The Labute approximate surface area is 266 Å². The lowest BCUT2D eigenvalue weighted by Gasteiger charge is -2.44. The first-order valence-electron chi connectivity index (χ1n) is 15.1. The van der Waals surface area contributed by atoms with Gasteiger partial charge in [0.15, 0.2) is 0 Å². The molecule has 3 aromatic carbocycles. The summed E-state index contributed by atoms with van der Waals surface area (Å²) in [6.45, 7) is 3.47. The van der Waals surface area contributed by atoms with E-state index < -0.39 is 35.3 Å². The molecule has 0 radical (unpaired) electrons. The monoisotopic (exact) mass is 627 g/mol. The van der Waals surface area contributed by atoms with Gasteiger partial charge in [0.05, 0.1) is 27.4 Å². The molecule has 2 fully saturated rings. The molecule has 0 unspecified atom stereocenters. The van der Waals surface area contributed by atoms with Crippen LogP contribution in [-0.2, 0) is 30.3 Å². The average molecular weight is 628 g/mol. The van der Waals surface area contributed by atoms with Gasteiger partial charge in [0.25, 0.3) is 0 Å². The topological polar surface area (TPSA) is 130 Å². The molecule has 0 spiro atoms. The molecule has 240 valence electrons. The molecule has 3 heterocycles. The number of benzene rings is 3. The number of carbonyl (C=O) groups excluding carboxylic acids is 1. The zero-order chi connectivity index (χ0) is 32.5. The summed E-state index contributed by atoms with van der Waals surface area (Å²) < 4.78 is 31.3. The number of aromatic nitrogens is 2. The van der Waals surface area contributed by atoms with E-state index in [9.17, 15) is 14.7 Å². The van der Waals surface area contributed by atoms with Gasteiger partial charge >= 0.3 is 5.69 Å². The van der Waals surface area contributed by atoms with E-state index in [-0.39, 0.29) is 30.9 Å². The predicted octanol–water partition coefficient (Wildman–Crippen LogP) is 3.68. The Morgan fingerprint density at radius 2 is 1.57 bits per heavy atom. The molecule has 0 bridgehead atoms. The van der Waals surface area contributed by atoms with Crippen molar-refractivity contribution in [2.24, 2.45) is 5.92 Å². The minimum absolute atomic E-state index is 0.0330. The molecular weight excluding hydrogens is 590 g/mol. The summed E-state index contributed by atoms with van der Waals surface area (Å²) >= 11 is 0. The van der Waals surface area contributed by atoms with Gasteiger partial charge in [0.1, 0.15) is 41.2 Å². The van der Waals surface area contributed by atoms with E-state index in [2.05, 4.69) is 10.3 Å². The molecule has 11 nitrogen and oxygen atoms in total. The normalized spacial score (nSPS) is 22.2. The number of hydrogen-bond acceptors (Lipinski definition) is 9. The highest BCUT2D eigenvalue weighted by atomic mass is 16.7. The number of nitrogens with one attached hydrogen (secondary N) is 1. The fourth-order valence-electron chi connectivity index (χ4n) is 6.02. The number of methoxy groups -OCH3 is 2. The number of fused-ring (bicyclic) bond motifs is 1. The summed E-state index contributed by atoms with van der Waals surface area (Å²) in [5, 5.41) is 14.1. The number of amides is 1. The molecule has 2 aliphatic heterocycles. The number of hydrogen-bond donors (Lipinski definition) is 2. The quantitative estimate of drug-likeness (QED) is 0.239. The Morgan fingerprint density at radius 3 is 2.07 bits per heavy atom. The van der Waals surface area contributed by atoms with Crippen molar-refractivity contribution >= 4 is 11.7 Å². The van der Waals surface area contributed by atoms with Gasteiger partial charge < -0.3 is 34.1 Å². The highest BCUT2D eigenvalue weighted by Gasteiger charge is 2.64. The van der Waals surface area contributed by atoms with Crippen LogP contribution in [0.25, 0.3) is 0 Å². The summed E-state index contributed by atoms with van der Waals surface area (Å²) in [4.78, 5) is 29.4. The minimum atomic E-state index is -1.28. The molecule has 4 atom stereocenters. The first-order chi connectivity index (χ1) is 22.2. The van der Waals surface area contributed by atoms with Crippen molar-refractivity contribution in [1.29, 1.82) is 0 Å². The molecule has 2 saturated heterocycles. The van der Waals surface area contributed by atoms with Crippen LogP contribution in [0.1, 0.15) is 30.5 Å². The lowest BCUT2D eigenvalue weighted by atomic mass is 9.80. The maximum absolute atomic E-state index is 13.2. The third-order valence-corrected chi connectivity index (χ3v) is 8.59. The number of rotatable bonds is 11. The van der Waals surface area contributed by atoms with Crippen LogP contribution < -0.4 is 20.5 Å². The summed E-state index contributed by atoms with van der Waals surface area (Å²) in [6.07, 6.45) is -1.30. The third-order valence-electron chi connectivity index (χ3n) is 8.59. The molecular formula is C35H37N3O8. The van der Waals surface area contributed by atoms with E-state index in [0.717, 1.165) is 16.7 Å². The molecule has 46 heavy (non-hydrogen) atoms. The second-order valence-corrected chi connectivity index (χ2v) is 11.6. The van der Waals surface area contributed by atoms with Gasteiger partial charge in [-0.2, -0.15) is 4.98 Å². The molecule has 2 N–H and O–H groups in total. The lowest BCUT2D eigenvalue weighted by Crippen LogP contribution is -2.62. The molecule has 0 saturated carbocycles. The van der Waals surface area contributed by atoms with Gasteiger partial charge in [-0.1, -0.05) is 68.4 Å². The first-order valence-corrected chi connectivity index (χ1v) is 15.1. The lowest BCUT2D eigenvalue weighted by molar-refractivity contribution is -0.279. The summed E-state index contributed by atoms with van der Waals surface area (Å²) in [7, 11) is 3.22. The van der Waals surface area contributed by atoms with Crippen molar-refractivity contribution in [2.45, 2.75) is 43.5 Å². The zero-order valence-electron chi connectivity index (χ0n) is 26.1. The van der Waals surface area contributed by atoms with Crippen molar-refractivity contribution in [1.82, 2.24) is 9.55 Å². The van der Waals surface area contributed by atoms with Crippen LogP contribution >= 0.6 is 0 Å². The van der Waals surface area contributed by atoms with Crippen LogP contribution in [0.3, 0.4) is 0 Å². The van der Waals surface area contributed by atoms with Gasteiger partial charge in [-0.3, -0.25) is 9.36 Å². The number of carbonyl (C=O) groups is 1.